The maximum Gasteiger partial charge on any atom is 0.416 e. The van der Waals surface area contributed by atoms with Gasteiger partial charge in [-0.05, 0) is 93.3 Å². The summed E-state index contributed by atoms with van der Waals surface area (Å²) in [6, 6.07) is 15.8. The molecule has 15 nitrogen and oxygen atoms in total. The van der Waals surface area contributed by atoms with E-state index in [1.54, 1.807) is 42.1 Å². The van der Waals surface area contributed by atoms with Gasteiger partial charge in [-0.2, -0.15) is 0 Å². The summed E-state index contributed by atoms with van der Waals surface area (Å²) in [6.45, 7) is 8.26. The van der Waals surface area contributed by atoms with Gasteiger partial charge in [0.05, 0.1) is 40.4 Å². The molecule has 0 radical (unpaired) electrons. The molecule has 328 valence electrons. The fourth-order valence-corrected chi connectivity index (χ4v) is 9.28. The molecule has 2 aromatic heterocycles. The number of ketones is 2. The fourth-order valence-electron chi connectivity index (χ4n) is 8.34. The Hall–Kier alpha value is -6.23. The van der Waals surface area contributed by atoms with Crippen molar-refractivity contribution in [3.8, 4) is 5.75 Å². The first-order chi connectivity index (χ1) is 30.4. The van der Waals surface area contributed by atoms with Crippen molar-refractivity contribution in [3.63, 3.8) is 0 Å². The second-order valence-corrected chi connectivity index (χ2v) is 17.2. The van der Waals surface area contributed by atoms with Crippen LogP contribution in [0.5, 0.6) is 5.75 Å². The molecule has 0 spiro atoms. The lowest BCUT2D eigenvalue weighted by molar-refractivity contribution is -0.198. The molecule has 3 aliphatic rings. The third-order valence-corrected chi connectivity index (χ3v) is 12.5. The Morgan fingerprint density at radius 2 is 1.83 bits per heavy atom. The number of hydrogen-bond acceptors (Lipinski definition) is 12. The number of carbonyl (C=O) groups excluding carboxylic acids is 5. The van der Waals surface area contributed by atoms with Crippen molar-refractivity contribution in [2.75, 3.05) is 30.0 Å². The second-order valence-electron chi connectivity index (χ2n) is 16.1. The largest absolute Gasteiger partial charge is 0.489 e. The van der Waals surface area contributed by atoms with Gasteiger partial charge in [0.1, 0.15) is 24.0 Å². The Kier molecular flexibility index (Phi) is 13.1. The van der Waals surface area contributed by atoms with E-state index in [1.165, 1.54) is 29.2 Å². The molecule has 0 bridgehead atoms. The summed E-state index contributed by atoms with van der Waals surface area (Å²) in [5, 5.41) is 3.41. The first-order valence-corrected chi connectivity index (χ1v) is 22.0. The van der Waals surface area contributed by atoms with Gasteiger partial charge >= 0.3 is 6.09 Å². The zero-order chi connectivity index (χ0) is 44.2. The van der Waals surface area contributed by atoms with Crippen LogP contribution in [0.4, 0.5) is 16.3 Å². The molecule has 3 aliphatic heterocycles. The van der Waals surface area contributed by atoms with Crippen LogP contribution in [0.1, 0.15) is 98.5 Å². The van der Waals surface area contributed by atoms with E-state index >= 15 is 0 Å². The molecule has 0 aliphatic carbocycles. The number of piperidine rings is 1. The lowest BCUT2D eigenvalue weighted by Crippen LogP contribution is -2.57. The third kappa shape index (κ3) is 9.72. The minimum Gasteiger partial charge on any atom is -0.489 e. The van der Waals surface area contributed by atoms with Crippen molar-refractivity contribution in [1.29, 1.82) is 0 Å². The van der Waals surface area contributed by atoms with Crippen molar-refractivity contribution in [2.24, 2.45) is 7.05 Å². The maximum atomic E-state index is 14.3. The van der Waals surface area contributed by atoms with Gasteiger partial charge < -0.3 is 33.7 Å². The van der Waals surface area contributed by atoms with Gasteiger partial charge in [0, 0.05) is 38.0 Å². The molecule has 3 aromatic carbocycles. The molecule has 0 saturated carbocycles. The molecule has 2 fully saturated rings. The van der Waals surface area contributed by atoms with Crippen molar-refractivity contribution >= 4 is 62.5 Å². The van der Waals surface area contributed by atoms with E-state index in [1.807, 2.05) is 42.2 Å². The van der Waals surface area contributed by atoms with Gasteiger partial charge in [0.2, 0.25) is 11.7 Å². The third-order valence-electron chi connectivity index (χ3n) is 11.4. The topological polar surface area (TPSA) is 171 Å². The minimum atomic E-state index is -0.860. The monoisotopic (exact) mass is 874 g/mol. The molecule has 8 rings (SSSR count). The summed E-state index contributed by atoms with van der Waals surface area (Å²) < 4.78 is 27.1. The number of anilines is 2. The number of amides is 3. The highest BCUT2D eigenvalue weighted by molar-refractivity contribution is 7.18. The molecule has 1 N–H and O–H groups in total. The van der Waals surface area contributed by atoms with Gasteiger partial charge in [-0.15, -0.1) is 11.3 Å². The van der Waals surface area contributed by atoms with Crippen molar-refractivity contribution < 1.29 is 42.9 Å². The van der Waals surface area contributed by atoms with Crippen LogP contribution in [0.2, 0.25) is 0 Å². The molecule has 2 unspecified atom stereocenters. The van der Waals surface area contributed by atoms with E-state index in [0.29, 0.717) is 64.6 Å². The Bertz CT molecular complexity index is 2580. The van der Waals surface area contributed by atoms with Gasteiger partial charge in [-0.1, -0.05) is 36.9 Å². The Morgan fingerprint density at radius 1 is 1.00 bits per heavy atom. The Morgan fingerprint density at radius 3 is 2.62 bits per heavy atom. The van der Waals surface area contributed by atoms with E-state index in [4.69, 9.17) is 18.9 Å². The van der Waals surface area contributed by atoms with Crippen LogP contribution >= 0.6 is 11.3 Å². The molecule has 5 aromatic rings. The zero-order valence-corrected chi connectivity index (χ0v) is 36.4. The van der Waals surface area contributed by atoms with Crippen LogP contribution in [-0.4, -0.2) is 87.2 Å². The molecule has 63 heavy (non-hydrogen) atoms. The first kappa shape index (κ1) is 43.4. The van der Waals surface area contributed by atoms with Crippen LogP contribution in [0.25, 0.3) is 10.2 Å². The number of benzene rings is 3. The van der Waals surface area contributed by atoms with Crippen LogP contribution in [0.3, 0.4) is 0 Å². The number of fused-ring (bicyclic) bond motifs is 3. The SMILES string of the molecule is C=CCOC(=O)N1c2cc(OCc3cccc(CC(=O)Nc4cn(C)c(C(=O)Cc5nc6cc(C(C)=O)ccc6s5)n4)c3)c(C)cc2C(=O)N2CCCC[C@H]2C1OC1CCCCO1. The standard InChI is InChI=1S/C47H50N6O9S/c1-5-18-60-47(58)53-36-24-38(28(2)20-33(36)45(57)52-17-8-6-13-35(52)46(53)62-43-14-7-9-19-59-43)61-27-31-12-10-11-30(21-31)22-41(56)49-40-26-51(4)44(50-40)37(55)25-42-48-34-23-32(29(3)54)15-16-39(34)63-42/h5,10-12,15-16,20-21,23-24,26,35,43,46H,1,6-9,13-14,17-19,22,25,27H2,2-4H3,(H,49,56)/t35-,43?,46?/m0/s1. The zero-order valence-electron chi connectivity index (χ0n) is 35.6. The number of imidazole rings is 1. The summed E-state index contributed by atoms with van der Waals surface area (Å²) in [5.74, 6) is 0.0696. The molecule has 5 heterocycles. The van der Waals surface area contributed by atoms with E-state index in [-0.39, 0.29) is 61.1 Å². The molecule has 3 atom stereocenters. The average Bonchev–Trinajstić information content (AvgIpc) is 3.84. The number of aryl methyl sites for hydroxylation is 2. The Labute approximate surface area is 369 Å². The highest BCUT2D eigenvalue weighted by Crippen LogP contribution is 2.40. The van der Waals surface area contributed by atoms with Gasteiger partial charge in [0.15, 0.2) is 29.9 Å². The van der Waals surface area contributed by atoms with Gasteiger partial charge in [-0.25, -0.2) is 19.7 Å². The van der Waals surface area contributed by atoms with Crippen LogP contribution in [-0.2, 0) is 45.5 Å². The van der Waals surface area contributed by atoms with E-state index < -0.39 is 24.7 Å². The predicted octanol–water partition coefficient (Wildman–Crippen LogP) is 7.73. The fraction of sp³-hybridized carbons (Fsp3) is 0.383. The van der Waals surface area contributed by atoms with E-state index in [2.05, 4.69) is 21.9 Å². The number of aromatic nitrogens is 3. The highest BCUT2D eigenvalue weighted by atomic mass is 32.1. The minimum absolute atomic E-state index is 0.0232. The van der Waals surface area contributed by atoms with Crippen LogP contribution in [0, 0.1) is 6.92 Å². The molecule has 2 saturated heterocycles. The number of ether oxygens (including phenoxy) is 4. The number of nitrogens with zero attached hydrogens (tertiary/aromatic N) is 5. The molecule has 3 amide bonds. The maximum absolute atomic E-state index is 14.3. The summed E-state index contributed by atoms with van der Waals surface area (Å²) >= 11 is 1.38. The number of thiazole rings is 1. The molecular formula is C47H50N6O9S. The first-order valence-electron chi connectivity index (χ1n) is 21.2. The Balaban J connectivity index is 0.954. The molecular weight excluding hydrogens is 825 g/mol. The number of carbonyl (C=O) groups is 5. The second kappa shape index (κ2) is 19.0. The van der Waals surface area contributed by atoms with Crippen molar-refractivity contribution in [1.82, 2.24) is 19.4 Å². The normalized spacial score (nSPS) is 18.6. The van der Waals surface area contributed by atoms with E-state index in [9.17, 15) is 24.0 Å². The quantitative estimate of drug-likeness (QED) is 0.0855. The lowest BCUT2D eigenvalue weighted by Gasteiger charge is -2.42. The van der Waals surface area contributed by atoms with Crippen molar-refractivity contribution in [3.05, 3.63) is 112 Å². The van der Waals surface area contributed by atoms with Crippen molar-refractivity contribution in [2.45, 2.75) is 90.4 Å². The number of hydrogen-bond donors (Lipinski definition) is 1. The smallest absolute Gasteiger partial charge is 0.416 e. The van der Waals surface area contributed by atoms with Crippen LogP contribution < -0.4 is 15.0 Å². The average molecular weight is 875 g/mol. The highest BCUT2D eigenvalue weighted by Gasteiger charge is 2.46. The van der Waals surface area contributed by atoms with E-state index in [0.717, 1.165) is 41.5 Å². The lowest BCUT2D eigenvalue weighted by atomic mass is 10.00. The van der Waals surface area contributed by atoms with Gasteiger partial charge in [0.25, 0.3) is 5.91 Å². The summed E-state index contributed by atoms with van der Waals surface area (Å²) in [5.41, 5.74) is 4.13. The summed E-state index contributed by atoms with van der Waals surface area (Å²) in [6.07, 6.45) is 5.99. The summed E-state index contributed by atoms with van der Waals surface area (Å²) in [4.78, 5) is 78.9. The number of nitrogens with one attached hydrogen (secondary N) is 1. The number of rotatable bonds is 14. The predicted molar refractivity (Wildman–Crippen MR) is 236 cm³/mol. The summed E-state index contributed by atoms with van der Waals surface area (Å²) in [7, 11) is 1.69. The molecule has 16 heteroatoms. The van der Waals surface area contributed by atoms with Gasteiger partial charge in [-0.3, -0.25) is 19.2 Å². The van der Waals surface area contributed by atoms with Crippen LogP contribution in [0.15, 0.2) is 73.4 Å². The number of Topliss-reactive ketones (excluding diaryl/α,β-unsaturated/α-hetero) is 2.